The van der Waals surface area contributed by atoms with Crippen molar-refractivity contribution >= 4 is 37.6 Å². The van der Waals surface area contributed by atoms with Gasteiger partial charge in [0.2, 0.25) is 0 Å². The first-order valence-corrected chi connectivity index (χ1v) is 16.3. The molecule has 0 aromatic heterocycles. The largest absolute Gasteiger partial charge is 0.388 e. The Bertz CT molecular complexity index is 1590. The summed E-state index contributed by atoms with van der Waals surface area (Å²) in [5, 5.41) is 26.0. The Balaban J connectivity index is 0.000000744. The average Bonchev–Trinajstić information content (AvgIpc) is 3.21. The van der Waals surface area contributed by atoms with E-state index in [2.05, 4.69) is 123 Å². The maximum Gasteiger partial charge on any atom is 0.126 e. The van der Waals surface area contributed by atoms with Crippen LogP contribution in [0.15, 0.2) is 106 Å². The summed E-state index contributed by atoms with van der Waals surface area (Å²) < 4.78 is 2.08. The van der Waals surface area contributed by atoms with Gasteiger partial charge in [0, 0.05) is 26.2 Å². The van der Waals surface area contributed by atoms with Crippen LogP contribution in [0.1, 0.15) is 78.0 Å². The van der Waals surface area contributed by atoms with Gasteiger partial charge in [-0.05, 0) is 103 Å². The van der Waals surface area contributed by atoms with Gasteiger partial charge in [-0.25, -0.2) is 0 Å². The molecule has 1 saturated carbocycles. The van der Waals surface area contributed by atoms with Crippen molar-refractivity contribution in [3.63, 3.8) is 0 Å². The zero-order valence-electron chi connectivity index (χ0n) is 23.9. The predicted molar refractivity (Wildman–Crippen MR) is 174 cm³/mol. The Kier molecular flexibility index (Phi) is 8.08. The predicted octanol–water partition coefficient (Wildman–Crippen LogP) is 8.80. The van der Waals surface area contributed by atoms with Gasteiger partial charge in [0.25, 0.3) is 0 Å². The molecule has 5 heteroatoms. The lowest BCUT2D eigenvalue weighted by molar-refractivity contribution is -0.171. The number of Topliss-reactive ketones (excluding diaryl/α,β-unsaturated/α-hetero) is 1. The molecule has 1 fully saturated rings. The molecule has 6 atom stereocenters. The Hall–Kier alpha value is -2.57. The summed E-state index contributed by atoms with van der Waals surface area (Å²) in [5.41, 5.74) is 4.83. The van der Waals surface area contributed by atoms with E-state index in [0.29, 0.717) is 0 Å². The van der Waals surface area contributed by atoms with Crippen LogP contribution in [0.25, 0.3) is 0 Å². The van der Waals surface area contributed by atoms with Crippen LogP contribution in [-0.4, -0.2) is 16.0 Å². The van der Waals surface area contributed by atoms with Gasteiger partial charge in [0.15, 0.2) is 0 Å². The molecule has 4 aromatic carbocycles. The second-order valence-corrected chi connectivity index (χ2v) is 14.1. The van der Waals surface area contributed by atoms with Crippen LogP contribution < -0.4 is 0 Å². The van der Waals surface area contributed by atoms with Gasteiger partial charge in [-0.1, -0.05) is 105 Å². The zero-order valence-corrected chi connectivity index (χ0v) is 27.1. The zero-order chi connectivity index (χ0) is 29.6. The molecule has 3 aliphatic carbocycles. The summed E-state index contributed by atoms with van der Waals surface area (Å²) in [6.07, 6.45) is 2.59. The number of fused-ring (bicyclic) bond motifs is 5. The van der Waals surface area contributed by atoms with Crippen molar-refractivity contribution in [2.24, 2.45) is 11.3 Å². The van der Waals surface area contributed by atoms with Crippen molar-refractivity contribution in [1.29, 1.82) is 0 Å². The van der Waals surface area contributed by atoms with Crippen molar-refractivity contribution in [3.05, 3.63) is 139 Å². The third-order valence-corrected chi connectivity index (χ3v) is 10.9. The number of aliphatic hydroxyl groups is 2. The maximum absolute atomic E-state index is 13.4. The molecule has 3 nitrogen and oxygen atoms in total. The molecule has 0 saturated heterocycles. The lowest BCUT2D eigenvalue weighted by atomic mass is 9.53. The van der Waals surface area contributed by atoms with E-state index in [-0.39, 0.29) is 23.5 Å². The van der Waals surface area contributed by atoms with Crippen molar-refractivity contribution < 1.29 is 15.0 Å². The summed E-state index contributed by atoms with van der Waals surface area (Å²) in [6.45, 7) is 3.06. The molecule has 2 N–H and O–H groups in total. The molecule has 4 aromatic rings. The normalized spacial score (nSPS) is 29.1. The first kappa shape index (κ1) is 29.5. The highest BCUT2D eigenvalue weighted by molar-refractivity contribution is 9.10. The van der Waals surface area contributed by atoms with Crippen LogP contribution in [0.5, 0.6) is 0 Å². The molecule has 0 heterocycles. The van der Waals surface area contributed by atoms with E-state index in [1.165, 1.54) is 36.1 Å². The van der Waals surface area contributed by atoms with Crippen LogP contribution in [-0.2, 0) is 23.2 Å². The van der Waals surface area contributed by atoms with E-state index < -0.39 is 17.1 Å². The minimum absolute atomic E-state index is 0.0212. The number of hydrogen-bond acceptors (Lipinski definition) is 3. The lowest BCUT2D eigenvalue weighted by Gasteiger charge is -2.54. The molecule has 0 aliphatic heterocycles. The summed E-state index contributed by atoms with van der Waals surface area (Å²) in [6, 6.07) is 34.0. The molecule has 7 rings (SSSR count). The fraction of sp³-hybridized carbons (Fsp3) is 0.324. The number of rotatable bonds is 2. The quantitative estimate of drug-likeness (QED) is 0.222. The van der Waals surface area contributed by atoms with Gasteiger partial charge in [0.05, 0.1) is 6.10 Å². The van der Waals surface area contributed by atoms with Gasteiger partial charge in [-0.2, -0.15) is 0 Å². The number of ketones is 1. The number of carbonyl (C=O) groups excluding carboxylic acids is 1. The van der Waals surface area contributed by atoms with Gasteiger partial charge < -0.3 is 15.0 Å². The van der Waals surface area contributed by atoms with Gasteiger partial charge >= 0.3 is 0 Å². The van der Waals surface area contributed by atoms with Gasteiger partial charge in [0.1, 0.15) is 11.4 Å². The van der Waals surface area contributed by atoms with E-state index in [1.807, 2.05) is 6.07 Å². The number of carbonyl (C=O) groups is 1. The van der Waals surface area contributed by atoms with E-state index in [9.17, 15) is 15.0 Å². The molecule has 0 amide bonds. The molecule has 216 valence electrons. The highest BCUT2D eigenvalue weighted by atomic mass is 79.9. The number of hydrogen-bond donors (Lipinski definition) is 2. The topological polar surface area (TPSA) is 57.5 Å². The Morgan fingerprint density at radius 1 is 0.762 bits per heavy atom. The fourth-order valence-corrected chi connectivity index (χ4v) is 8.98. The van der Waals surface area contributed by atoms with E-state index >= 15 is 0 Å². The molecule has 0 radical (unpaired) electrons. The van der Waals surface area contributed by atoms with Crippen LogP contribution in [0.3, 0.4) is 0 Å². The SMILES string of the molecule is CC(C)=O.O[C@H]1c2ccccc2CC[C@@]12[C@H](c1ccc(Br)cc1)[C@@H](c1ccc(Br)cc1)[C@@H]1CCc3ccccc3[C@@]12O. The highest BCUT2D eigenvalue weighted by Crippen LogP contribution is 2.76. The molecule has 0 unspecified atom stereocenters. The first-order valence-electron chi connectivity index (χ1n) is 14.7. The van der Waals surface area contributed by atoms with Crippen LogP contribution in [0, 0.1) is 11.3 Å². The smallest absolute Gasteiger partial charge is 0.126 e. The van der Waals surface area contributed by atoms with E-state index in [0.717, 1.165) is 45.8 Å². The Morgan fingerprint density at radius 2 is 1.31 bits per heavy atom. The number of aryl methyl sites for hydroxylation is 2. The second kappa shape index (κ2) is 11.5. The van der Waals surface area contributed by atoms with Crippen molar-refractivity contribution in [1.82, 2.24) is 0 Å². The maximum atomic E-state index is 13.4. The number of benzene rings is 4. The third kappa shape index (κ3) is 4.64. The first-order chi connectivity index (χ1) is 20.2. The minimum atomic E-state index is -1.18. The summed E-state index contributed by atoms with van der Waals surface area (Å²) in [4.78, 5) is 9.44. The van der Waals surface area contributed by atoms with Gasteiger partial charge in [-0.3, -0.25) is 0 Å². The highest BCUT2D eigenvalue weighted by Gasteiger charge is 2.73. The van der Waals surface area contributed by atoms with Crippen LogP contribution >= 0.6 is 31.9 Å². The van der Waals surface area contributed by atoms with Crippen LogP contribution in [0.2, 0.25) is 0 Å². The van der Waals surface area contributed by atoms with Crippen LogP contribution in [0.4, 0.5) is 0 Å². The molecule has 1 spiro atoms. The van der Waals surface area contributed by atoms with E-state index in [4.69, 9.17) is 0 Å². The van der Waals surface area contributed by atoms with Crippen molar-refractivity contribution in [2.45, 2.75) is 63.1 Å². The fourth-order valence-electron chi connectivity index (χ4n) is 8.45. The molecule has 3 aliphatic rings. The summed E-state index contributed by atoms with van der Waals surface area (Å²) >= 11 is 7.26. The summed E-state index contributed by atoms with van der Waals surface area (Å²) in [5.74, 6) is 0.135. The number of halogens is 2. The standard InChI is InChI=1S/C34H30Br2O2.C3H6O/c35-25-14-9-23(10-15-25)30-29-18-13-22-6-2-4-8-28(22)34(29,38)33(31(30)24-11-16-26(36)17-12-24)20-19-21-5-1-3-7-27(21)32(33)37;1-3(2)4/h1-12,14-17,29-32,37-38H,13,18-20H2;1-2H3/t29-,30-,31+,32-,33+,34+;/m0./s1. The third-order valence-electron chi connectivity index (χ3n) is 9.88. The molecule has 0 bridgehead atoms. The lowest BCUT2D eigenvalue weighted by Crippen LogP contribution is -2.54. The van der Waals surface area contributed by atoms with Crippen molar-refractivity contribution in [3.8, 4) is 0 Å². The van der Waals surface area contributed by atoms with Crippen molar-refractivity contribution in [2.75, 3.05) is 0 Å². The Morgan fingerprint density at radius 3 is 1.95 bits per heavy atom. The average molecular weight is 688 g/mol. The van der Waals surface area contributed by atoms with E-state index in [1.54, 1.807) is 0 Å². The second-order valence-electron chi connectivity index (χ2n) is 12.2. The van der Waals surface area contributed by atoms with Gasteiger partial charge in [-0.15, -0.1) is 0 Å². The summed E-state index contributed by atoms with van der Waals surface area (Å²) in [7, 11) is 0. The monoisotopic (exact) mass is 686 g/mol. The molecular formula is C37H36Br2O3. The Labute approximate surface area is 265 Å². The molecule has 42 heavy (non-hydrogen) atoms. The minimum Gasteiger partial charge on any atom is -0.388 e. The molecular weight excluding hydrogens is 652 g/mol. The number of aliphatic hydroxyl groups excluding tert-OH is 1.